The van der Waals surface area contributed by atoms with Gasteiger partial charge in [-0.2, -0.15) is 0 Å². The summed E-state index contributed by atoms with van der Waals surface area (Å²) in [7, 11) is -3.54. The zero-order chi connectivity index (χ0) is 15.0. The van der Waals surface area contributed by atoms with Gasteiger partial charge in [0.05, 0.1) is 10.6 Å². The largest absolute Gasteiger partial charge is 0.279 e. The highest BCUT2D eigenvalue weighted by molar-refractivity contribution is 9.10. The number of sulfonamides is 1. The van der Waals surface area contributed by atoms with Crippen molar-refractivity contribution in [1.82, 2.24) is 0 Å². The second-order valence-electron chi connectivity index (χ2n) is 5.35. The minimum atomic E-state index is -3.54. The van der Waals surface area contributed by atoms with Gasteiger partial charge in [-0.25, -0.2) is 8.42 Å². The van der Waals surface area contributed by atoms with E-state index in [1.165, 1.54) is 5.56 Å². The van der Waals surface area contributed by atoms with Crippen LogP contribution in [0, 0.1) is 6.92 Å². The molecule has 110 valence electrons. The Morgan fingerprint density at radius 1 is 1.05 bits per heavy atom. The highest BCUT2D eigenvalue weighted by Crippen LogP contribution is 2.27. The van der Waals surface area contributed by atoms with Gasteiger partial charge in [0.1, 0.15) is 0 Å². The number of fused-ring (bicyclic) bond motifs is 1. The summed E-state index contributed by atoms with van der Waals surface area (Å²) in [4.78, 5) is 0.336. The van der Waals surface area contributed by atoms with Gasteiger partial charge < -0.3 is 0 Å². The monoisotopic (exact) mass is 365 g/mol. The minimum Gasteiger partial charge on any atom is -0.279 e. The quantitative estimate of drug-likeness (QED) is 0.891. The lowest BCUT2D eigenvalue weighted by atomic mass is 10.1. The Hall–Kier alpha value is -1.33. The van der Waals surface area contributed by atoms with Crippen molar-refractivity contribution in [3.8, 4) is 0 Å². The van der Waals surface area contributed by atoms with Crippen LogP contribution in [-0.2, 0) is 22.9 Å². The summed E-state index contributed by atoms with van der Waals surface area (Å²) in [6.07, 6.45) is 3.12. The molecule has 0 spiro atoms. The molecule has 2 aromatic carbocycles. The first-order valence-electron chi connectivity index (χ1n) is 6.86. The average molecular weight is 366 g/mol. The molecule has 1 aliphatic rings. The predicted molar refractivity (Wildman–Crippen MR) is 88.2 cm³/mol. The number of nitrogens with one attached hydrogen (secondary N) is 1. The van der Waals surface area contributed by atoms with E-state index in [-0.39, 0.29) is 0 Å². The molecule has 3 nitrogen and oxygen atoms in total. The van der Waals surface area contributed by atoms with Crippen molar-refractivity contribution in [2.45, 2.75) is 31.1 Å². The maximum absolute atomic E-state index is 12.5. The van der Waals surface area contributed by atoms with Crippen molar-refractivity contribution in [1.29, 1.82) is 0 Å². The molecule has 0 bridgehead atoms. The Labute approximate surface area is 133 Å². The Morgan fingerprint density at radius 2 is 1.81 bits per heavy atom. The van der Waals surface area contributed by atoms with Gasteiger partial charge >= 0.3 is 0 Å². The summed E-state index contributed by atoms with van der Waals surface area (Å²) in [5, 5.41) is 0. The van der Waals surface area contributed by atoms with E-state index in [1.54, 1.807) is 18.2 Å². The fraction of sp³-hybridized carbons (Fsp3) is 0.250. The van der Waals surface area contributed by atoms with E-state index in [9.17, 15) is 8.42 Å². The minimum absolute atomic E-state index is 0.336. The topological polar surface area (TPSA) is 46.2 Å². The van der Waals surface area contributed by atoms with Gasteiger partial charge in [-0.1, -0.05) is 28.1 Å². The maximum Gasteiger partial charge on any atom is 0.261 e. The van der Waals surface area contributed by atoms with Crippen LogP contribution < -0.4 is 4.72 Å². The molecule has 2 aromatic rings. The smallest absolute Gasteiger partial charge is 0.261 e. The van der Waals surface area contributed by atoms with E-state index in [4.69, 9.17) is 0 Å². The zero-order valence-corrected chi connectivity index (χ0v) is 14.1. The fourth-order valence-electron chi connectivity index (χ4n) is 2.62. The van der Waals surface area contributed by atoms with Crippen LogP contribution in [-0.4, -0.2) is 8.42 Å². The van der Waals surface area contributed by atoms with E-state index >= 15 is 0 Å². The lowest BCUT2D eigenvalue weighted by Gasteiger charge is -2.12. The van der Waals surface area contributed by atoms with Crippen LogP contribution in [0.4, 0.5) is 5.69 Å². The summed E-state index contributed by atoms with van der Waals surface area (Å²) in [6.45, 7) is 1.88. The van der Waals surface area contributed by atoms with E-state index in [0.29, 0.717) is 10.6 Å². The van der Waals surface area contributed by atoms with Crippen LogP contribution in [0.3, 0.4) is 0 Å². The lowest BCUT2D eigenvalue weighted by Crippen LogP contribution is -2.14. The highest BCUT2D eigenvalue weighted by atomic mass is 79.9. The molecule has 1 N–H and O–H groups in total. The SMILES string of the molecule is Cc1ccc(Br)cc1NS(=O)(=O)c1ccc2c(c1)CCC2. The Bertz CT molecular complexity index is 800. The normalized spacial score (nSPS) is 14.0. The standard InChI is InChI=1S/C16H16BrNO2S/c1-11-5-7-14(17)10-16(11)18-21(19,20)15-8-6-12-3-2-4-13(12)9-15/h5-10,18H,2-4H2,1H3. The predicted octanol–water partition coefficient (Wildman–Crippen LogP) is 4.05. The molecule has 0 saturated heterocycles. The Balaban J connectivity index is 1.95. The highest BCUT2D eigenvalue weighted by Gasteiger charge is 2.19. The van der Waals surface area contributed by atoms with Crippen molar-refractivity contribution < 1.29 is 8.42 Å². The van der Waals surface area contributed by atoms with Crippen LogP contribution in [0.25, 0.3) is 0 Å². The number of benzene rings is 2. The van der Waals surface area contributed by atoms with E-state index < -0.39 is 10.0 Å². The average Bonchev–Trinajstić information content (AvgIpc) is 2.90. The zero-order valence-electron chi connectivity index (χ0n) is 11.7. The van der Waals surface area contributed by atoms with E-state index in [1.807, 2.05) is 25.1 Å². The third kappa shape index (κ3) is 2.99. The van der Waals surface area contributed by atoms with Gasteiger partial charge in [0, 0.05) is 4.47 Å². The van der Waals surface area contributed by atoms with Crippen molar-refractivity contribution in [3.63, 3.8) is 0 Å². The van der Waals surface area contributed by atoms with Crippen molar-refractivity contribution in [3.05, 3.63) is 57.6 Å². The summed E-state index contributed by atoms with van der Waals surface area (Å²) in [6, 6.07) is 11.0. The summed E-state index contributed by atoms with van der Waals surface area (Å²) < 4.78 is 28.6. The third-order valence-electron chi connectivity index (χ3n) is 3.82. The first kappa shape index (κ1) is 14.6. The van der Waals surface area contributed by atoms with E-state index in [0.717, 1.165) is 34.9 Å². The Morgan fingerprint density at radius 3 is 2.62 bits per heavy atom. The van der Waals surface area contributed by atoms with E-state index in [2.05, 4.69) is 20.7 Å². The molecular formula is C16H16BrNO2S. The van der Waals surface area contributed by atoms with Crippen molar-refractivity contribution >= 4 is 31.6 Å². The maximum atomic E-state index is 12.5. The molecule has 0 atom stereocenters. The second kappa shape index (κ2) is 5.46. The van der Waals surface area contributed by atoms with Crippen LogP contribution in [0.1, 0.15) is 23.1 Å². The number of hydrogen-bond donors (Lipinski definition) is 1. The van der Waals surface area contributed by atoms with Crippen LogP contribution in [0.15, 0.2) is 45.8 Å². The molecule has 21 heavy (non-hydrogen) atoms. The van der Waals surface area contributed by atoms with Crippen LogP contribution in [0.5, 0.6) is 0 Å². The van der Waals surface area contributed by atoms with Crippen molar-refractivity contribution in [2.24, 2.45) is 0 Å². The number of halogens is 1. The number of aryl methyl sites for hydroxylation is 3. The first-order valence-corrected chi connectivity index (χ1v) is 9.14. The van der Waals surface area contributed by atoms with Gasteiger partial charge in [0.25, 0.3) is 10.0 Å². The molecule has 0 radical (unpaired) electrons. The molecule has 0 fully saturated rings. The molecule has 0 amide bonds. The summed E-state index contributed by atoms with van der Waals surface area (Å²) in [5.74, 6) is 0. The number of rotatable bonds is 3. The van der Waals surface area contributed by atoms with Gasteiger partial charge in [0.15, 0.2) is 0 Å². The van der Waals surface area contributed by atoms with Crippen molar-refractivity contribution in [2.75, 3.05) is 4.72 Å². The first-order chi connectivity index (χ1) is 9.95. The molecule has 0 saturated carbocycles. The molecule has 5 heteroatoms. The van der Waals surface area contributed by atoms with Crippen LogP contribution in [0.2, 0.25) is 0 Å². The molecule has 0 unspecified atom stereocenters. The number of hydrogen-bond acceptors (Lipinski definition) is 2. The molecule has 0 aliphatic heterocycles. The lowest BCUT2D eigenvalue weighted by molar-refractivity contribution is 0.601. The molecule has 1 aliphatic carbocycles. The fourth-order valence-corrected chi connectivity index (χ4v) is 4.16. The molecule has 0 aromatic heterocycles. The Kier molecular flexibility index (Phi) is 3.80. The molecular weight excluding hydrogens is 350 g/mol. The van der Waals surface area contributed by atoms with Gasteiger partial charge in [-0.15, -0.1) is 0 Å². The van der Waals surface area contributed by atoms with Gasteiger partial charge in [-0.3, -0.25) is 4.72 Å². The summed E-state index contributed by atoms with van der Waals surface area (Å²) in [5.41, 5.74) is 3.92. The van der Waals surface area contributed by atoms with Crippen LogP contribution >= 0.6 is 15.9 Å². The van der Waals surface area contributed by atoms with Gasteiger partial charge in [0.2, 0.25) is 0 Å². The summed E-state index contributed by atoms with van der Waals surface area (Å²) >= 11 is 3.37. The third-order valence-corrected chi connectivity index (χ3v) is 5.68. The number of anilines is 1. The van der Waals surface area contributed by atoms with Gasteiger partial charge in [-0.05, 0) is 67.1 Å². The second-order valence-corrected chi connectivity index (χ2v) is 7.95. The molecule has 0 heterocycles. The molecule has 3 rings (SSSR count).